The fourth-order valence-corrected chi connectivity index (χ4v) is 6.94. The van der Waals surface area contributed by atoms with Crippen LogP contribution in [0.5, 0.6) is 5.75 Å². The number of ether oxygens (including phenoxy) is 1. The largest absolute Gasteiger partial charge is 0.487 e. The van der Waals surface area contributed by atoms with Crippen molar-refractivity contribution in [3.05, 3.63) is 53.9 Å². The summed E-state index contributed by atoms with van der Waals surface area (Å²) < 4.78 is 35.2. The van der Waals surface area contributed by atoms with Crippen LogP contribution in [0.25, 0.3) is 0 Å². The fraction of sp³-hybridized carbons (Fsp3) is 0.536. The Morgan fingerprint density at radius 2 is 1.94 bits per heavy atom. The molecule has 0 radical (unpaired) electrons. The van der Waals surface area contributed by atoms with Crippen molar-refractivity contribution in [2.45, 2.75) is 56.6 Å². The Hall–Kier alpha value is -2.44. The van der Waals surface area contributed by atoms with E-state index in [4.69, 9.17) is 4.74 Å². The Labute approximate surface area is 215 Å². The normalized spacial score (nSPS) is 23.1. The maximum atomic E-state index is 13.7. The average Bonchev–Trinajstić information content (AvgIpc) is 3.38. The number of hydrogen-bond donors (Lipinski definition) is 1. The van der Waals surface area contributed by atoms with Crippen molar-refractivity contribution < 1.29 is 18.3 Å². The summed E-state index contributed by atoms with van der Waals surface area (Å²) in [6, 6.07) is 8.16. The van der Waals surface area contributed by atoms with E-state index in [1.54, 1.807) is 37.5 Å². The van der Waals surface area contributed by atoms with E-state index in [1.807, 2.05) is 19.1 Å². The quantitative estimate of drug-likeness (QED) is 0.599. The molecule has 2 heterocycles. The van der Waals surface area contributed by atoms with Gasteiger partial charge in [0.25, 0.3) is 0 Å². The van der Waals surface area contributed by atoms with Crippen LogP contribution in [0.4, 0.5) is 0 Å². The molecule has 3 atom stereocenters. The molecule has 1 fully saturated rings. The minimum atomic E-state index is -3.86. The maximum Gasteiger partial charge on any atom is 0.247 e. The summed E-state index contributed by atoms with van der Waals surface area (Å²) in [6.45, 7) is 5.52. The molecule has 36 heavy (non-hydrogen) atoms. The van der Waals surface area contributed by atoms with E-state index in [0.29, 0.717) is 23.8 Å². The summed E-state index contributed by atoms with van der Waals surface area (Å²) in [5.41, 5.74) is 1.45. The summed E-state index contributed by atoms with van der Waals surface area (Å²) in [7, 11) is -1.74. The van der Waals surface area contributed by atoms with Crippen molar-refractivity contribution in [1.29, 1.82) is 0 Å². The van der Waals surface area contributed by atoms with E-state index in [-0.39, 0.29) is 30.1 Å². The van der Waals surface area contributed by atoms with Crippen LogP contribution in [0.15, 0.2) is 47.6 Å². The second-order valence-electron chi connectivity index (χ2n) is 10.3. The molecule has 1 aliphatic carbocycles. The number of pyridine rings is 1. The van der Waals surface area contributed by atoms with Crippen LogP contribution < -0.4 is 4.74 Å². The second kappa shape index (κ2) is 11.7. The predicted molar refractivity (Wildman–Crippen MR) is 140 cm³/mol. The topological polar surface area (TPSA) is 83.0 Å². The number of sulfonamides is 1. The van der Waals surface area contributed by atoms with Gasteiger partial charge >= 0.3 is 0 Å². The van der Waals surface area contributed by atoms with Crippen LogP contribution in [-0.4, -0.2) is 73.1 Å². The van der Waals surface area contributed by atoms with E-state index in [1.165, 1.54) is 30.0 Å². The zero-order chi connectivity index (χ0) is 25.7. The number of hydrogen-bond acceptors (Lipinski definition) is 6. The number of aromatic nitrogens is 1. The van der Waals surface area contributed by atoms with Crippen molar-refractivity contribution in [3.8, 4) is 17.6 Å². The Morgan fingerprint density at radius 3 is 2.64 bits per heavy atom. The first-order valence-corrected chi connectivity index (χ1v) is 14.3. The van der Waals surface area contributed by atoms with Gasteiger partial charge in [0.2, 0.25) is 10.0 Å². The van der Waals surface area contributed by atoms with Gasteiger partial charge < -0.3 is 14.7 Å². The number of likely N-dealkylation sites (N-methyl/N-ethyl adjacent to an activating group) is 1. The SMILES string of the molecule is C[C@@H]1CN([C@@H](C)CO)S(=O)(=O)c2ccc(C#Cc3cccnc3)cc2O[C@H]1CN(C)CC1CCCC1. The van der Waals surface area contributed by atoms with Crippen molar-refractivity contribution in [1.82, 2.24) is 14.2 Å². The van der Waals surface area contributed by atoms with Gasteiger partial charge in [0.15, 0.2) is 0 Å². The van der Waals surface area contributed by atoms with Gasteiger partial charge in [-0.1, -0.05) is 31.6 Å². The predicted octanol–water partition coefficient (Wildman–Crippen LogP) is 3.37. The number of nitrogens with zero attached hydrogens (tertiary/aromatic N) is 3. The molecule has 1 aliphatic heterocycles. The molecule has 2 aliphatic rings. The number of aliphatic hydroxyl groups excluding tert-OH is 1. The molecular formula is C28H37N3O4S. The highest BCUT2D eigenvalue weighted by Crippen LogP contribution is 2.34. The van der Waals surface area contributed by atoms with Crippen molar-refractivity contribution in [2.24, 2.45) is 11.8 Å². The van der Waals surface area contributed by atoms with Crippen molar-refractivity contribution >= 4 is 10.0 Å². The minimum Gasteiger partial charge on any atom is -0.487 e. The summed E-state index contributed by atoms with van der Waals surface area (Å²) in [6.07, 6.45) is 8.32. The summed E-state index contributed by atoms with van der Waals surface area (Å²) in [4.78, 5) is 6.52. The highest BCUT2D eigenvalue weighted by atomic mass is 32.2. The molecule has 8 heteroatoms. The molecule has 7 nitrogen and oxygen atoms in total. The lowest BCUT2D eigenvalue weighted by Crippen LogP contribution is -2.49. The molecule has 4 rings (SSSR count). The van der Waals surface area contributed by atoms with Crippen LogP contribution in [0, 0.1) is 23.7 Å². The van der Waals surface area contributed by atoms with Crippen LogP contribution in [-0.2, 0) is 10.0 Å². The second-order valence-corrected chi connectivity index (χ2v) is 12.1. The van der Waals surface area contributed by atoms with Gasteiger partial charge in [-0.15, -0.1) is 0 Å². The van der Waals surface area contributed by atoms with Gasteiger partial charge in [-0.05, 0) is 63.1 Å². The lowest BCUT2D eigenvalue weighted by Gasteiger charge is -2.37. The number of rotatable bonds is 6. The minimum absolute atomic E-state index is 0.0712. The van der Waals surface area contributed by atoms with E-state index in [9.17, 15) is 13.5 Å². The third-order valence-corrected chi connectivity index (χ3v) is 9.24. The Kier molecular flexibility index (Phi) is 8.68. The number of benzene rings is 1. The number of aliphatic hydroxyl groups is 1. The Balaban J connectivity index is 1.67. The highest BCUT2D eigenvalue weighted by Gasteiger charge is 2.38. The van der Waals surface area contributed by atoms with Gasteiger partial charge in [-0.2, -0.15) is 4.31 Å². The Bertz CT molecular complexity index is 1190. The molecule has 1 aromatic heterocycles. The lowest BCUT2D eigenvalue weighted by molar-refractivity contribution is 0.0712. The van der Waals surface area contributed by atoms with Crippen LogP contribution in [0.1, 0.15) is 50.7 Å². The van der Waals surface area contributed by atoms with Crippen LogP contribution >= 0.6 is 0 Å². The molecule has 0 bridgehead atoms. The summed E-state index contributed by atoms with van der Waals surface area (Å²) in [5, 5.41) is 9.84. The monoisotopic (exact) mass is 511 g/mol. The van der Waals surface area contributed by atoms with Crippen LogP contribution in [0.3, 0.4) is 0 Å². The van der Waals surface area contributed by atoms with E-state index < -0.39 is 16.1 Å². The molecule has 1 saturated carbocycles. The third kappa shape index (κ3) is 6.27. The van der Waals surface area contributed by atoms with Crippen molar-refractivity contribution in [3.63, 3.8) is 0 Å². The van der Waals surface area contributed by atoms with E-state index >= 15 is 0 Å². The van der Waals surface area contributed by atoms with Crippen LogP contribution in [0.2, 0.25) is 0 Å². The Morgan fingerprint density at radius 1 is 1.19 bits per heavy atom. The molecule has 0 unspecified atom stereocenters. The maximum absolute atomic E-state index is 13.7. The van der Waals surface area contributed by atoms with Gasteiger partial charge in [0.1, 0.15) is 16.7 Å². The summed E-state index contributed by atoms with van der Waals surface area (Å²) in [5.74, 6) is 7.14. The first-order chi connectivity index (χ1) is 17.3. The first kappa shape index (κ1) is 26.6. The zero-order valence-corrected chi connectivity index (χ0v) is 22.2. The zero-order valence-electron chi connectivity index (χ0n) is 21.4. The molecular weight excluding hydrogens is 474 g/mol. The first-order valence-electron chi connectivity index (χ1n) is 12.8. The molecule has 0 spiro atoms. The van der Waals surface area contributed by atoms with Gasteiger partial charge in [-0.25, -0.2) is 8.42 Å². The van der Waals surface area contributed by atoms with Gasteiger partial charge in [0.05, 0.1) is 6.61 Å². The molecule has 1 N–H and O–H groups in total. The summed E-state index contributed by atoms with van der Waals surface area (Å²) >= 11 is 0. The molecule has 0 amide bonds. The van der Waals surface area contributed by atoms with Gasteiger partial charge in [0, 0.05) is 55.1 Å². The molecule has 1 aromatic carbocycles. The average molecular weight is 512 g/mol. The highest BCUT2D eigenvalue weighted by molar-refractivity contribution is 7.89. The lowest BCUT2D eigenvalue weighted by atomic mass is 10.0. The van der Waals surface area contributed by atoms with Gasteiger partial charge in [-0.3, -0.25) is 4.98 Å². The van der Waals surface area contributed by atoms with Crippen molar-refractivity contribution in [2.75, 3.05) is 33.3 Å². The number of fused-ring (bicyclic) bond motifs is 1. The standard InChI is InChI=1S/C28H37N3O4S/c1-21-17-31(22(2)20-32)36(33,34)28-13-12-23(10-11-24-9-6-14-29-16-24)15-26(28)35-27(21)19-30(3)18-25-7-4-5-8-25/h6,9,12-16,21-22,25,27,32H,4-5,7-8,17-20H2,1-3H3/t21-,22+,27+/m1/s1. The molecule has 2 aromatic rings. The van der Waals surface area contributed by atoms with E-state index in [2.05, 4.69) is 28.8 Å². The molecule has 0 saturated heterocycles. The van der Waals surface area contributed by atoms with E-state index in [0.717, 1.165) is 12.1 Å². The third-order valence-electron chi connectivity index (χ3n) is 7.22. The smallest absolute Gasteiger partial charge is 0.247 e. The molecule has 194 valence electrons. The fourth-order valence-electron chi connectivity index (χ4n) is 5.12.